The van der Waals surface area contributed by atoms with E-state index in [0.717, 1.165) is 0 Å². The van der Waals surface area contributed by atoms with Crippen molar-refractivity contribution in [2.45, 2.75) is 56.3 Å². The van der Waals surface area contributed by atoms with Gasteiger partial charge in [-0.3, -0.25) is 14.4 Å². The number of allylic oxidation sites excluding steroid dienone is 2. The van der Waals surface area contributed by atoms with Crippen molar-refractivity contribution >= 4 is 28.8 Å². The van der Waals surface area contributed by atoms with Crippen LogP contribution in [-0.2, 0) is 15.1 Å². The summed E-state index contributed by atoms with van der Waals surface area (Å²) in [6.07, 6.45) is 0.375. The first-order valence-electron chi connectivity index (χ1n) is 13.2. The summed E-state index contributed by atoms with van der Waals surface area (Å²) in [5.41, 5.74) is -2.60. The smallest absolute Gasteiger partial charge is 0.238 e. The van der Waals surface area contributed by atoms with Crippen LogP contribution in [0.25, 0.3) is 0 Å². The summed E-state index contributed by atoms with van der Waals surface area (Å²) < 4.78 is 6.17. The molecule has 4 aliphatic rings. The van der Waals surface area contributed by atoms with E-state index in [2.05, 4.69) is 39.6 Å². The van der Waals surface area contributed by atoms with Gasteiger partial charge in [0.05, 0.1) is 29.5 Å². The first-order chi connectivity index (χ1) is 19.5. The van der Waals surface area contributed by atoms with E-state index in [1.54, 1.807) is 0 Å². The molecule has 5 atom stereocenters. The summed E-state index contributed by atoms with van der Waals surface area (Å²) in [6, 6.07) is 4.86. The molecule has 2 heterocycles. The SMILES string of the molecule is CC(C)NCC(=O)Nc1ccc2c(c1)C(=O)c1c(O)cc3c(c1C2=O)NC1C#CC=CC#CC(O)C32OC12C(C)O. The first kappa shape index (κ1) is 26.8. The lowest BCUT2D eigenvalue weighted by molar-refractivity contribution is -0.115. The molecule has 5 unspecified atom stereocenters. The number of amides is 1. The standard InChI is InChI=1S/C31H27N3O7/c1-15(2)32-14-24(38)33-17-10-11-18-19(12-17)29(40)25-21(36)13-20-27(26(25)28(18)39)34-22-8-6-4-5-7-9-23(37)31(20)30(22,41-31)16(3)35/h4-5,10-13,15-16,22-23,32,34-37H,14H2,1-3H3,(H,33,38). The van der Waals surface area contributed by atoms with Crippen LogP contribution in [0.1, 0.15) is 58.2 Å². The van der Waals surface area contributed by atoms with E-state index < -0.39 is 46.8 Å². The third kappa shape index (κ3) is 3.73. The third-order valence-electron chi connectivity index (χ3n) is 7.91. The fourth-order valence-corrected chi connectivity index (χ4v) is 6.02. The van der Waals surface area contributed by atoms with Crippen LogP contribution in [0, 0.1) is 23.7 Å². The zero-order valence-corrected chi connectivity index (χ0v) is 22.5. The summed E-state index contributed by atoms with van der Waals surface area (Å²) in [5.74, 6) is 9.26. The van der Waals surface area contributed by atoms with Crippen LogP contribution >= 0.6 is 0 Å². The number of benzene rings is 2. The Morgan fingerprint density at radius 2 is 1.78 bits per heavy atom. The minimum absolute atomic E-state index is 0.0284. The molecule has 2 aliphatic heterocycles. The topological polar surface area (TPSA) is 161 Å². The minimum atomic E-state index is -1.63. The number of aliphatic hydroxyl groups excluding tert-OH is 2. The summed E-state index contributed by atoms with van der Waals surface area (Å²) in [5, 5.41) is 42.2. The van der Waals surface area contributed by atoms with Crippen molar-refractivity contribution in [2.24, 2.45) is 0 Å². The van der Waals surface area contributed by atoms with Crippen LogP contribution in [0.3, 0.4) is 0 Å². The van der Waals surface area contributed by atoms with Crippen LogP contribution in [-0.4, -0.2) is 69.2 Å². The third-order valence-corrected chi connectivity index (χ3v) is 7.91. The van der Waals surface area contributed by atoms with Gasteiger partial charge in [0.1, 0.15) is 11.8 Å². The highest BCUT2D eigenvalue weighted by atomic mass is 16.7. The Hall–Kier alpha value is -4.45. The first-order valence-corrected chi connectivity index (χ1v) is 13.2. The molecule has 2 aromatic rings. The van der Waals surface area contributed by atoms with E-state index in [4.69, 9.17) is 4.74 Å². The predicted molar refractivity (Wildman–Crippen MR) is 148 cm³/mol. The molecule has 1 fully saturated rings. The van der Waals surface area contributed by atoms with Gasteiger partial charge in [-0.1, -0.05) is 37.5 Å². The van der Waals surface area contributed by atoms with Gasteiger partial charge in [0, 0.05) is 28.4 Å². The average Bonchev–Trinajstić information content (AvgIpc) is 3.66. The van der Waals surface area contributed by atoms with Crippen LogP contribution in [0.4, 0.5) is 11.4 Å². The second-order valence-electron chi connectivity index (χ2n) is 10.8. The monoisotopic (exact) mass is 553 g/mol. The van der Waals surface area contributed by atoms with E-state index in [1.807, 2.05) is 13.8 Å². The number of carbonyl (C=O) groups excluding carboxylic acids is 3. The minimum Gasteiger partial charge on any atom is -0.507 e. The second kappa shape index (κ2) is 9.30. The molecule has 0 saturated carbocycles. The van der Waals surface area contributed by atoms with E-state index in [9.17, 15) is 29.7 Å². The van der Waals surface area contributed by atoms with Crippen molar-refractivity contribution in [3.8, 4) is 29.4 Å². The number of anilines is 2. The lowest BCUT2D eigenvalue weighted by atomic mass is 9.69. The number of carbonyl (C=O) groups is 3. The van der Waals surface area contributed by atoms with E-state index in [-0.39, 0.29) is 52.0 Å². The molecule has 0 radical (unpaired) electrons. The number of rotatable bonds is 5. The van der Waals surface area contributed by atoms with Gasteiger partial charge < -0.3 is 36.0 Å². The molecule has 1 saturated heterocycles. The second-order valence-corrected chi connectivity index (χ2v) is 10.8. The van der Waals surface area contributed by atoms with Gasteiger partial charge in [-0.15, -0.1) is 0 Å². The molecular formula is C31H27N3O7. The molecular weight excluding hydrogens is 526 g/mol. The fourth-order valence-electron chi connectivity index (χ4n) is 6.02. The van der Waals surface area contributed by atoms with Crippen LogP contribution < -0.4 is 16.0 Å². The predicted octanol–water partition coefficient (Wildman–Crippen LogP) is 1.18. The Labute approximate surface area is 235 Å². The maximum atomic E-state index is 14.0. The summed E-state index contributed by atoms with van der Waals surface area (Å²) >= 11 is 0. The van der Waals surface area contributed by atoms with Crippen molar-refractivity contribution in [3.63, 3.8) is 0 Å². The van der Waals surface area contributed by atoms with Crippen molar-refractivity contribution in [3.05, 3.63) is 64.2 Å². The van der Waals surface area contributed by atoms with Gasteiger partial charge in [0.15, 0.2) is 28.9 Å². The van der Waals surface area contributed by atoms with E-state index in [1.165, 1.54) is 43.3 Å². The number of phenols is 1. The molecule has 2 bridgehead atoms. The zero-order chi connectivity index (χ0) is 29.3. The molecule has 10 heteroatoms. The molecule has 6 N–H and O–H groups in total. The van der Waals surface area contributed by atoms with E-state index in [0.29, 0.717) is 5.69 Å². The number of nitrogens with one attached hydrogen (secondary N) is 3. The zero-order valence-electron chi connectivity index (χ0n) is 22.5. The lowest BCUT2D eigenvalue weighted by Crippen LogP contribution is -2.54. The molecule has 208 valence electrons. The molecule has 0 spiro atoms. The Balaban J connectivity index is 1.48. The van der Waals surface area contributed by atoms with Gasteiger partial charge >= 0.3 is 0 Å². The van der Waals surface area contributed by atoms with Gasteiger partial charge in [-0.05, 0) is 43.3 Å². The maximum absolute atomic E-state index is 14.0. The lowest BCUT2D eigenvalue weighted by Gasteiger charge is -2.37. The number of phenolic OH excluding ortho intramolecular Hbond substituents is 1. The quantitative estimate of drug-likeness (QED) is 0.155. The van der Waals surface area contributed by atoms with Crippen molar-refractivity contribution < 1.29 is 34.4 Å². The summed E-state index contributed by atoms with van der Waals surface area (Å²) in [6.45, 7) is 5.38. The highest BCUT2D eigenvalue weighted by Gasteiger charge is 2.82. The Morgan fingerprint density at radius 3 is 2.49 bits per heavy atom. The van der Waals surface area contributed by atoms with E-state index >= 15 is 0 Å². The number of fused-ring (bicyclic) bond motifs is 4. The number of ketones is 2. The molecule has 10 nitrogen and oxygen atoms in total. The van der Waals surface area contributed by atoms with Crippen LogP contribution in [0.5, 0.6) is 5.75 Å². The number of ether oxygens (including phenoxy) is 1. The van der Waals surface area contributed by atoms with Crippen LogP contribution in [0.15, 0.2) is 36.4 Å². The average molecular weight is 554 g/mol. The van der Waals surface area contributed by atoms with Crippen molar-refractivity contribution in [1.29, 1.82) is 0 Å². The highest BCUT2D eigenvalue weighted by Crippen LogP contribution is 2.67. The highest BCUT2D eigenvalue weighted by molar-refractivity contribution is 6.31. The number of aliphatic hydroxyl groups is 2. The van der Waals surface area contributed by atoms with Crippen LogP contribution in [0.2, 0.25) is 0 Å². The Kier molecular flexibility index (Phi) is 6.07. The molecule has 41 heavy (non-hydrogen) atoms. The Morgan fingerprint density at radius 1 is 1.07 bits per heavy atom. The van der Waals surface area contributed by atoms with Gasteiger partial charge in [0.25, 0.3) is 0 Å². The number of hydrogen-bond acceptors (Lipinski definition) is 9. The largest absolute Gasteiger partial charge is 0.507 e. The van der Waals surface area contributed by atoms with Crippen molar-refractivity contribution in [2.75, 3.05) is 17.2 Å². The fraction of sp³-hybridized carbons (Fsp3) is 0.323. The summed E-state index contributed by atoms with van der Waals surface area (Å²) in [4.78, 5) is 40.1. The molecule has 1 amide bonds. The molecule has 2 aliphatic carbocycles. The van der Waals surface area contributed by atoms with Crippen molar-refractivity contribution in [1.82, 2.24) is 5.32 Å². The van der Waals surface area contributed by atoms with Gasteiger partial charge in [0.2, 0.25) is 5.91 Å². The Bertz CT molecular complexity index is 1700. The van der Waals surface area contributed by atoms with Gasteiger partial charge in [-0.25, -0.2) is 0 Å². The molecule has 0 aromatic heterocycles. The molecule has 6 rings (SSSR count). The summed E-state index contributed by atoms with van der Waals surface area (Å²) in [7, 11) is 0. The number of aromatic hydroxyl groups is 1. The number of epoxide rings is 1. The number of hydrogen-bond donors (Lipinski definition) is 6. The maximum Gasteiger partial charge on any atom is 0.238 e. The molecule has 2 aromatic carbocycles. The van der Waals surface area contributed by atoms with Gasteiger partial charge in [-0.2, -0.15) is 0 Å². The normalized spacial score (nSPS) is 27.0.